The molecule has 7 heteroatoms. The van der Waals surface area contributed by atoms with Gasteiger partial charge >= 0.3 is 0 Å². The summed E-state index contributed by atoms with van der Waals surface area (Å²) < 4.78 is 3.07. The van der Waals surface area contributed by atoms with Gasteiger partial charge in [-0.25, -0.2) is 4.98 Å². The molecule has 3 heterocycles. The average Bonchev–Trinajstić information content (AvgIpc) is 3.45. The van der Waals surface area contributed by atoms with Crippen molar-refractivity contribution >= 4 is 38.8 Å². The van der Waals surface area contributed by atoms with Gasteiger partial charge in [-0.05, 0) is 57.0 Å². The van der Waals surface area contributed by atoms with Crippen LogP contribution < -0.4 is 10.2 Å². The highest BCUT2D eigenvalue weighted by atomic mass is 32.1. The topological polar surface area (TPSA) is 63.1 Å². The minimum atomic E-state index is -0.206. The summed E-state index contributed by atoms with van der Waals surface area (Å²) in [5.41, 5.74) is 6.36. The summed E-state index contributed by atoms with van der Waals surface area (Å²) in [4.78, 5) is 20.5. The fourth-order valence-electron chi connectivity index (χ4n) is 5.58. The van der Waals surface area contributed by atoms with Crippen LogP contribution in [0.1, 0.15) is 49.4 Å². The van der Waals surface area contributed by atoms with E-state index >= 15 is 0 Å². The van der Waals surface area contributed by atoms with Crippen LogP contribution in [0, 0.1) is 12.8 Å². The van der Waals surface area contributed by atoms with Gasteiger partial charge in [0.1, 0.15) is 11.6 Å². The van der Waals surface area contributed by atoms with Gasteiger partial charge in [0, 0.05) is 42.4 Å². The molecule has 1 aliphatic heterocycles. The average molecular weight is 484 g/mol. The molecule has 1 aliphatic carbocycles. The SMILES string of the molecule is CCN(CC)c1ccc([C@@H]2c3c(C)nn(-c4nc5ccccc5s4)c3NC3=CCCC(=O)[C@H]32)cc1. The van der Waals surface area contributed by atoms with Gasteiger partial charge in [-0.15, -0.1) is 0 Å². The molecule has 35 heavy (non-hydrogen) atoms. The molecule has 0 fully saturated rings. The maximum atomic E-state index is 13.3. The van der Waals surface area contributed by atoms with Crippen LogP contribution in [-0.2, 0) is 4.79 Å². The lowest BCUT2D eigenvalue weighted by atomic mass is 9.72. The molecular formula is C28H29N5OS. The molecule has 6 nitrogen and oxygen atoms in total. The third kappa shape index (κ3) is 3.57. The first kappa shape index (κ1) is 22.0. The molecule has 4 aromatic rings. The van der Waals surface area contributed by atoms with Crippen LogP contribution >= 0.6 is 11.3 Å². The third-order valence-electron chi connectivity index (χ3n) is 7.30. The van der Waals surface area contributed by atoms with Crippen LogP contribution in [0.25, 0.3) is 15.3 Å². The highest BCUT2D eigenvalue weighted by Crippen LogP contribution is 2.49. The predicted octanol–water partition coefficient (Wildman–Crippen LogP) is 6.06. The maximum absolute atomic E-state index is 13.3. The van der Waals surface area contributed by atoms with Crippen molar-refractivity contribution in [1.82, 2.24) is 14.8 Å². The van der Waals surface area contributed by atoms with E-state index in [2.05, 4.69) is 60.5 Å². The van der Waals surface area contributed by atoms with E-state index in [-0.39, 0.29) is 11.8 Å². The van der Waals surface area contributed by atoms with E-state index in [0.29, 0.717) is 12.2 Å². The van der Waals surface area contributed by atoms with Gasteiger partial charge in [-0.3, -0.25) is 4.79 Å². The van der Waals surface area contributed by atoms with Crippen molar-refractivity contribution in [3.63, 3.8) is 0 Å². The van der Waals surface area contributed by atoms with E-state index in [1.807, 2.05) is 29.8 Å². The number of anilines is 2. The van der Waals surface area contributed by atoms with E-state index in [1.165, 1.54) is 5.69 Å². The van der Waals surface area contributed by atoms with Gasteiger partial charge in [0.05, 0.1) is 21.8 Å². The van der Waals surface area contributed by atoms with Crippen molar-refractivity contribution in [2.24, 2.45) is 5.92 Å². The molecule has 0 amide bonds. The third-order valence-corrected chi connectivity index (χ3v) is 8.31. The van der Waals surface area contributed by atoms with Gasteiger partial charge in [0.2, 0.25) is 5.13 Å². The number of carbonyl (C=O) groups is 1. The summed E-state index contributed by atoms with van der Waals surface area (Å²) in [6, 6.07) is 16.9. The number of fused-ring (bicyclic) bond motifs is 3. The zero-order valence-corrected chi connectivity index (χ0v) is 21.1. The number of aromatic nitrogens is 3. The molecule has 2 aromatic heterocycles. The van der Waals surface area contributed by atoms with E-state index in [9.17, 15) is 4.79 Å². The highest BCUT2D eigenvalue weighted by molar-refractivity contribution is 7.20. The van der Waals surface area contributed by atoms with Gasteiger partial charge in [0.25, 0.3) is 0 Å². The number of aryl methyl sites for hydroxylation is 1. The number of carbonyl (C=O) groups excluding carboxylic acids is 1. The highest BCUT2D eigenvalue weighted by Gasteiger charge is 2.43. The van der Waals surface area contributed by atoms with Crippen molar-refractivity contribution in [1.29, 1.82) is 0 Å². The number of nitrogens with zero attached hydrogens (tertiary/aromatic N) is 4. The van der Waals surface area contributed by atoms with Crippen molar-refractivity contribution < 1.29 is 4.79 Å². The van der Waals surface area contributed by atoms with Crippen LogP contribution in [0.5, 0.6) is 0 Å². The standard InChI is InChI=1S/C28H29N5OS/c1-4-32(5-2)19-15-13-18(14-16-19)25-24-17(3)31-33(28-30-20-9-6-7-12-23(20)35-28)27(24)29-21-10-8-11-22(34)26(21)25/h6-7,9-10,12-16,25-26,29H,4-5,8,11H2,1-3H3/t25-,26+/m1/s1. The number of thiazole rings is 1. The predicted molar refractivity (Wildman–Crippen MR) is 143 cm³/mol. The Balaban J connectivity index is 1.51. The van der Waals surface area contributed by atoms with E-state index in [4.69, 9.17) is 10.1 Å². The fourth-order valence-corrected chi connectivity index (χ4v) is 6.51. The summed E-state index contributed by atoms with van der Waals surface area (Å²) in [5.74, 6) is 0.948. The molecule has 0 saturated heterocycles. The second kappa shape index (κ2) is 8.64. The molecule has 2 aliphatic rings. The quantitative estimate of drug-likeness (QED) is 0.374. The van der Waals surface area contributed by atoms with Crippen LogP contribution in [0.2, 0.25) is 0 Å². The number of rotatable bonds is 5. The number of nitrogens with one attached hydrogen (secondary N) is 1. The van der Waals surface area contributed by atoms with Crippen LogP contribution in [0.15, 0.2) is 60.3 Å². The molecule has 0 bridgehead atoms. The van der Waals surface area contributed by atoms with Crippen LogP contribution in [0.3, 0.4) is 0 Å². The Kier molecular flexibility index (Phi) is 5.44. The number of hydrogen-bond acceptors (Lipinski definition) is 6. The molecule has 0 radical (unpaired) electrons. The molecule has 0 saturated carbocycles. The molecule has 0 spiro atoms. The number of hydrogen-bond donors (Lipinski definition) is 1. The van der Waals surface area contributed by atoms with Gasteiger partial charge in [-0.1, -0.05) is 41.7 Å². The van der Waals surface area contributed by atoms with E-state index in [0.717, 1.165) is 63.2 Å². The number of para-hydroxylation sites is 1. The molecular weight excluding hydrogens is 454 g/mol. The van der Waals surface area contributed by atoms with Gasteiger partial charge < -0.3 is 10.2 Å². The van der Waals surface area contributed by atoms with E-state index in [1.54, 1.807) is 11.3 Å². The number of benzene rings is 2. The first-order valence-electron chi connectivity index (χ1n) is 12.4. The summed E-state index contributed by atoms with van der Waals surface area (Å²) in [7, 11) is 0. The first-order valence-corrected chi connectivity index (χ1v) is 13.2. The minimum Gasteiger partial charge on any atom is -0.372 e. The lowest BCUT2D eigenvalue weighted by Crippen LogP contribution is -2.35. The normalized spacial score (nSPS) is 19.2. The molecule has 178 valence electrons. The summed E-state index contributed by atoms with van der Waals surface area (Å²) in [6.07, 6.45) is 3.55. The number of allylic oxidation sites excluding steroid dienone is 2. The Morgan fingerprint density at radius 3 is 2.60 bits per heavy atom. The summed E-state index contributed by atoms with van der Waals surface area (Å²) >= 11 is 1.63. The van der Waals surface area contributed by atoms with Crippen molar-refractivity contribution in [2.45, 2.75) is 39.5 Å². The molecule has 0 unspecified atom stereocenters. The number of ketones is 1. The smallest absolute Gasteiger partial charge is 0.213 e. The minimum absolute atomic E-state index is 0.0702. The zero-order chi connectivity index (χ0) is 24.1. The Morgan fingerprint density at radius 2 is 1.86 bits per heavy atom. The molecule has 1 N–H and O–H groups in total. The van der Waals surface area contributed by atoms with Crippen LogP contribution in [0.4, 0.5) is 11.5 Å². The van der Waals surface area contributed by atoms with E-state index < -0.39 is 0 Å². The lowest BCUT2D eigenvalue weighted by Gasteiger charge is -2.37. The second-order valence-electron chi connectivity index (χ2n) is 9.23. The summed E-state index contributed by atoms with van der Waals surface area (Å²) in [6.45, 7) is 8.33. The Bertz CT molecular complexity index is 1410. The Hall–Kier alpha value is -3.45. The monoisotopic (exact) mass is 483 g/mol. The molecule has 2 atom stereocenters. The first-order chi connectivity index (χ1) is 17.1. The second-order valence-corrected chi connectivity index (χ2v) is 10.2. The van der Waals surface area contributed by atoms with Gasteiger partial charge in [0.15, 0.2) is 0 Å². The fraction of sp³-hybridized carbons (Fsp3) is 0.321. The van der Waals surface area contributed by atoms with Crippen molar-refractivity contribution in [3.05, 3.63) is 77.1 Å². The largest absolute Gasteiger partial charge is 0.372 e. The Labute approximate surface area is 209 Å². The summed E-state index contributed by atoms with van der Waals surface area (Å²) in [5, 5.41) is 9.39. The molecule has 2 aromatic carbocycles. The van der Waals surface area contributed by atoms with Crippen LogP contribution in [-0.4, -0.2) is 33.6 Å². The Morgan fingerprint density at radius 1 is 1.09 bits per heavy atom. The van der Waals surface area contributed by atoms with Crippen molar-refractivity contribution in [3.8, 4) is 5.13 Å². The van der Waals surface area contributed by atoms with Crippen molar-refractivity contribution in [2.75, 3.05) is 23.3 Å². The maximum Gasteiger partial charge on any atom is 0.213 e. The number of Topliss-reactive ketones (excluding diaryl/α,β-unsaturated/α-hetero) is 1. The lowest BCUT2D eigenvalue weighted by molar-refractivity contribution is -0.122. The van der Waals surface area contributed by atoms with Gasteiger partial charge in [-0.2, -0.15) is 9.78 Å². The zero-order valence-electron chi connectivity index (χ0n) is 20.3. The molecule has 6 rings (SSSR count).